The third-order valence-electron chi connectivity index (χ3n) is 5.18. The van der Waals surface area contributed by atoms with Crippen molar-refractivity contribution < 1.29 is 21.7 Å². The van der Waals surface area contributed by atoms with Crippen LogP contribution in [0.25, 0.3) is 0 Å². The van der Waals surface area contributed by atoms with Crippen molar-refractivity contribution in [2.45, 2.75) is 26.7 Å². The first-order valence-electron chi connectivity index (χ1n) is 9.64. The van der Waals surface area contributed by atoms with Gasteiger partial charge in [-0.05, 0) is 32.3 Å². The van der Waals surface area contributed by atoms with Gasteiger partial charge in [-0.3, -0.25) is 0 Å². The summed E-state index contributed by atoms with van der Waals surface area (Å²) in [5.74, 6) is 1.37. The third-order valence-corrected chi connectivity index (χ3v) is 5.18. The van der Waals surface area contributed by atoms with Gasteiger partial charge in [-0.1, -0.05) is 94.9 Å². The van der Waals surface area contributed by atoms with Crippen LogP contribution in [-0.4, -0.2) is 0 Å². The summed E-state index contributed by atoms with van der Waals surface area (Å²) in [6.45, 7) is 4.34. The van der Waals surface area contributed by atoms with Crippen molar-refractivity contribution in [3.05, 3.63) is 136 Å². The smallest absolute Gasteiger partial charge is 0 e. The number of allylic oxidation sites excluding steroid dienone is 4. The van der Waals surface area contributed by atoms with E-state index in [4.69, 9.17) is 0 Å². The predicted octanol–water partition coefficient (Wildman–Crippen LogP) is 6.77. The Kier molecular flexibility index (Phi) is 6.78. The first-order chi connectivity index (χ1) is 13.2. The fraction of sp³-hybridized carbons (Fsp3) is 0.148. The molecule has 0 amide bonds. The molecule has 0 heterocycles. The molecule has 1 heteroatoms. The molecule has 0 aromatic heterocycles. The second kappa shape index (κ2) is 9.28. The Labute approximate surface area is 183 Å². The summed E-state index contributed by atoms with van der Waals surface area (Å²) in [6.07, 6.45) is 6.60. The minimum atomic E-state index is 0. The van der Waals surface area contributed by atoms with Gasteiger partial charge in [0.05, 0.1) is 0 Å². The van der Waals surface area contributed by atoms with Crippen LogP contribution >= 0.6 is 0 Å². The van der Waals surface area contributed by atoms with Crippen LogP contribution in [0.4, 0.5) is 0 Å². The molecule has 3 aromatic rings. The van der Waals surface area contributed by atoms with E-state index in [1.807, 2.05) is 0 Å². The standard InChI is InChI=1S/C27H25.Ti/c1-20-9-6-14-24(17-20)27(25-15-7-10-21(2)18-25)26-16-8-13-23(26)19-22-11-4-3-5-12-22;/h3-15,17-18H,16,19H2,1-2H3;/q-1;. The average Bonchev–Trinajstić information content (AvgIpc) is 3.11. The minimum absolute atomic E-state index is 0. The van der Waals surface area contributed by atoms with Gasteiger partial charge in [0.2, 0.25) is 0 Å². The fourth-order valence-corrected chi connectivity index (χ4v) is 3.91. The Hall–Kier alpha value is -2.28. The van der Waals surface area contributed by atoms with Gasteiger partial charge in [0.15, 0.2) is 0 Å². The van der Waals surface area contributed by atoms with Crippen molar-refractivity contribution in [2.75, 3.05) is 0 Å². The predicted molar refractivity (Wildman–Crippen MR) is 115 cm³/mol. The number of benzene rings is 3. The fourth-order valence-electron chi connectivity index (χ4n) is 3.91. The Morgan fingerprint density at radius 2 is 1.36 bits per heavy atom. The first-order valence-corrected chi connectivity index (χ1v) is 9.64. The molecule has 0 aliphatic heterocycles. The molecule has 28 heavy (non-hydrogen) atoms. The van der Waals surface area contributed by atoms with Gasteiger partial charge in [-0.25, -0.2) is 0 Å². The Bertz CT molecular complexity index is 950. The van der Waals surface area contributed by atoms with E-state index >= 15 is 0 Å². The van der Waals surface area contributed by atoms with E-state index in [2.05, 4.69) is 105 Å². The molecule has 1 aliphatic rings. The van der Waals surface area contributed by atoms with Gasteiger partial charge in [-0.15, -0.1) is 35.4 Å². The molecule has 0 N–H and O–H groups in total. The van der Waals surface area contributed by atoms with Crippen LogP contribution in [0.2, 0.25) is 0 Å². The molecule has 138 valence electrons. The number of rotatable bonds is 5. The van der Waals surface area contributed by atoms with Gasteiger partial charge in [0.1, 0.15) is 0 Å². The third kappa shape index (κ3) is 4.58. The summed E-state index contributed by atoms with van der Waals surface area (Å²) in [5, 5.41) is 0. The summed E-state index contributed by atoms with van der Waals surface area (Å²) in [5.41, 5.74) is 9.47. The second-order valence-electron chi connectivity index (χ2n) is 7.39. The second-order valence-corrected chi connectivity index (χ2v) is 7.39. The molecular weight excluding hydrogens is 372 g/mol. The van der Waals surface area contributed by atoms with Gasteiger partial charge in [-0.2, -0.15) is 0 Å². The zero-order valence-corrected chi connectivity index (χ0v) is 18.1. The van der Waals surface area contributed by atoms with Crippen molar-refractivity contribution in [2.24, 2.45) is 0 Å². The van der Waals surface area contributed by atoms with Crippen molar-refractivity contribution in [3.63, 3.8) is 0 Å². The average molecular weight is 397 g/mol. The Morgan fingerprint density at radius 1 is 0.750 bits per heavy atom. The molecule has 0 bridgehead atoms. The summed E-state index contributed by atoms with van der Waals surface area (Å²) in [4.78, 5) is 0. The molecule has 0 saturated carbocycles. The topological polar surface area (TPSA) is 0 Å². The van der Waals surface area contributed by atoms with Gasteiger partial charge in [0, 0.05) is 21.7 Å². The van der Waals surface area contributed by atoms with Crippen LogP contribution in [0.3, 0.4) is 0 Å². The monoisotopic (exact) mass is 397 g/mol. The van der Waals surface area contributed by atoms with Gasteiger partial charge < -0.3 is 0 Å². The molecule has 0 radical (unpaired) electrons. The van der Waals surface area contributed by atoms with Crippen LogP contribution in [0.1, 0.15) is 34.2 Å². The zero-order chi connectivity index (χ0) is 18.6. The molecule has 3 aromatic carbocycles. The SMILES string of the molecule is Cc1cccc([C-](C2=C(Cc3ccccc3)C=CC2)c2cccc(C)c2)c1.[Ti]. The zero-order valence-electron chi connectivity index (χ0n) is 16.6. The van der Waals surface area contributed by atoms with Crippen LogP contribution in [0.5, 0.6) is 0 Å². The molecule has 1 aliphatic carbocycles. The van der Waals surface area contributed by atoms with E-state index in [0.29, 0.717) is 0 Å². The van der Waals surface area contributed by atoms with E-state index in [-0.39, 0.29) is 21.7 Å². The molecule has 0 fully saturated rings. The van der Waals surface area contributed by atoms with Crippen LogP contribution in [0.15, 0.2) is 102 Å². The molecule has 0 nitrogen and oxygen atoms in total. The maximum Gasteiger partial charge on any atom is 0 e. The normalized spacial score (nSPS) is 12.8. The van der Waals surface area contributed by atoms with Crippen molar-refractivity contribution in [1.82, 2.24) is 0 Å². The number of aryl methyl sites for hydroxylation is 2. The van der Waals surface area contributed by atoms with Crippen molar-refractivity contribution in [3.8, 4) is 0 Å². The van der Waals surface area contributed by atoms with E-state index in [9.17, 15) is 0 Å². The minimum Gasteiger partial charge on any atom is -0.108 e. The molecule has 0 unspecified atom stereocenters. The van der Waals surface area contributed by atoms with Gasteiger partial charge in [0.25, 0.3) is 0 Å². The Balaban J connectivity index is 0.00000225. The quantitative estimate of drug-likeness (QED) is 0.329. The van der Waals surface area contributed by atoms with E-state index < -0.39 is 0 Å². The first kappa shape index (κ1) is 20.5. The summed E-state index contributed by atoms with van der Waals surface area (Å²) < 4.78 is 0. The van der Waals surface area contributed by atoms with E-state index in [1.165, 1.54) is 44.9 Å². The number of hydrogen-bond acceptors (Lipinski definition) is 0. The molecule has 0 saturated heterocycles. The summed E-state index contributed by atoms with van der Waals surface area (Å²) in [7, 11) is 0. The number of hydrogen-bond donors (Lipinski definition) is 0. The maximum atomic E-state index is 2.31. The molecule has 4 rings (SSSR count). The molecule has 0 atom stereocenters. The van der Waals surface area contributed by atoms with Crippen LogP contribution in [-0.2, 0) is 28.1 Å². The summed E-state index contributed by atoms with van der Waals surface area (Å²) in [6, 6.07) is 28.6. The maximum absolute atomic E-state index is 2.31. The van der Waals surface area contributed by atoms with Crippen molar-refractivity contribution in [1.29, 1.82) is 0 Å². The van der Waals surface area contributed by atoms with E-state index in [1.54, 1.807) is 0 Å². The van der Waals surface area contributed by atoms with Crippen LogP contribution < -0.4 is 0 Å². The molecular formula is C27H25Ti-. The summed E-state index contributed by atoms with van der Waals surface area (Å²) >= 11 is 0. The van der Waals surface area contributed by atoms with Crippen molar-refractivity contribution >= 4 is 0 Å². The van der Waals surface area contributed by atoms with Crippen LogP contribution in [0, 0.1) is 19.8 Å². The van der Waals surface area contributed by atoms with E-state index in [0.717, 1.165) is 12.8 Å². The largest absolute Gasteiger partial charge is 0.108 e. The Morgan fingerprint density at radius 3 is 1.93 bits per heavy atom. The van der Waals surface area contributed by atoms with Gasteiger partial charge >= 0.3 is 0 Å². The molecule has 0 spiro atoms.